The van der Waals surface area contributed by atoms with Crippen LogP contribution in [0.4, 0.5) is 0 Å². The van der Waals surface area contributed by atoms with Crippen molar-refractivity contribution in [2.24, 2.45) is 0 Å². The fraction of sp³-hybridized carbons (Fsp3) is 0.273. The molecular formula is C11H10N4O2. The lowest BCUT2D eigenvalue weighted by Gasteiger charge is -1.93. The van der Waals surface area contributed by atoms with Crippen molar-refractivity contribution in [3.8, 4) is 17.5 Å². The normalized spacial score (nSPS) is 10.1. The van der Waals surface area contributed by atoms with Crippen LogP contribution in [0.2, 0.25) is 0 Å². The fourth-order valence-corrected chi connectivity index (χ4v) is 1.29. The first kappa shape index (κ1) is 11.2. The maximum Gasteiger partial charge on any atom is 0.258 e. The first-order valence-electron chi connectivity index (χ1n) is 5.01. The first-order chi connectivity index (χ1) is 8.33. The Morgan fingerprint density at radius 1 is 1.53 bits per heavy atom. The average Bonchev–Trinajstić information content (AvgIpc) is 2.85. The highest BCUT2D eigenvalue weighted by Gasteiger charge is 2.09. The summed E-state index contributed by atoms with van der Waals surface area (Å²) >= 11 is 0. The molecule has 0 aromatic carbocycles. The van der Waals surface area contributed by atoms with Crippen LogP contribution in [0.5, 0.6) is 0 Å². The summed E-state index contributed by atoms with van der Waals surface area (Å²) in [5, 5.41) is 12.6. The second kappa shape index (κ2) is 5.18. The number of nitrogens with zero attached hydrogens (tertiary/aromatic N) is 4. The third-order valence-corrected chi connectivity index (χ3v) is 2.12. The second-order valence-electron chi connectivity index (χ2n) is 3.30. The minimum absolute atomic E-state index is 0.319. The number of hydrogen-bond donors (Lipinski definition) is 0. The zero-order chi connectivity index (χ0) is 12.1. The Kier molecular flexibility index (Phi) is 3.43. The summed E-state index contributed by atoms with van der Waals surface area (Å²) in [5.74, 6) is 0.965. The number of methoxy groups -OCH3 is 1. The van der Waals surface area contributed by atoms with E-state index in [4.69, 9.17) is 14.5 Å². The fourth-order valence-electron chi connectivity index (χ4n) is 1.29. The minimum Gasteiger partial charge on any atom is -0.384 e. The molecule has 0 aliphatic carbocycles. The molecule has 2 rings (SSSR count). The van der Waals surface area contributed by atoms with Crippen LogP contribution in [0.25, 0.3) is 11.5 Å². The van der Waals surface area contributed by atoms with Gasteiger partial charge in [-0.3, -0.25) is 0 Å². The molecule has 0 radical (unpaired) electrons. The maximum absolute atomic E-state index is 8.73. The molecule has 0 unspecified atom stereocenters. The molecule has 2 heterocycles. The molecule has 0 fully saturated rings. The van der Waals surface area contributed by atoms with Crippen molar-refractivity contribution in [3.63, 3.8) is 0 Å². The van der Waals surface area contributed by atoms with Crippen LogP contribution in [0.1, 0.15) is 11.5 Å². The van der Waals surface area contributed by atoms with Gasteiger partial charge in [-0.15, -0.1) is 0 Å². The third-order valence-electron chi connectivity index (χ3n) is 2.12. The van der Waals surface area contributed by atoms with Gasteiger partial charge >= 0.3 is 0 Å². The molecule has 0 saturated carbocycles. The topological polar surface area (TPSA) is 84.8 Å². The van der Waals surface area contributed by atoms with Gasteiger partial charge in [0.05, 0.1) is 6.61 Å². The molecule has 0 aliphatic heterocycles. The summed E-state index contributed by atoms with van der Waals surface area (Å²) in [6.45, 7) is 0.540. The van der Waals surface area contributed by atoms with Gasteiger partial charge in [0.1, 0.15) is 11.8 Å². The van der Waals surface area contributed by atoms with Crippen molar-refractivity contribution in [1.82, 2.24) is 15.1 Å². The zero-order valence-corrected chi connectivity index (χ0v) is 9.25. The van der Waals surface area contributed by atoms with Crippen LogP contribution in [-0.4, -0.2) is 28.8 Å². The summed E-state index contributed by atoms with van der Waals surface area (Å²) in [7, 11) is 1.61. The number of pyridine rings is 1. The molecule has 0 aliphatic rings. The predicted octanol–water partition coefficient (Wildman–Crippen LogP) is 1.19. The van der Waals surface area contributed by atoms with Crippen molar-refractivity contribution in [1.29, 1.82) is 5.26 Å². The summed E-state index contributed by atoms with van der Waals surface area (Å²) in [4.78, 5) is 8.07. The van der Waals surface area contributed by atoms with Crippen LogP contribution in [0.15, 0.2) is 22.9 Å². The van der Waals surface area contributed by atoms with Gasteiger partial charge in [-0.05, 0) is 12.1 Å². The van der Waals surface area contributed by atoms with Crippen molar-refractivity contribution in [2.75, 3.05) is 13.7 Å². The van der Waals surface area contributed by atoms with Gasteiger partial charge in [-0.1, -0.05) is 5.16 Å². The van der Waals surface area contributed by atoms with E-state index >= 15 is 0 Å². The monoisotopic (exact) mass is 230 g/mol. The van der Waals surface area contributed by atoms with Crippen LogP contribution in [0, 0.1) is 11.3 Å². The van der Waals surface area contributed by atoms with Gasteiger partial charge < -0.3 is 9.26 Å². The summed E-state index contributed by atoms with van der Waals surface area (Å²) in [6.07, 6.45) is 2.13. The van der Waals surface area contributed by atoms with Crippen molar-refractivity contribution in [3.05, 3.63) is 29.8 Å². The van der Waals surface area contributed by atoms with Gasteiger partial charge in [0.2, 0.25) is 0 Å². The first-order valence-corrected chi connectivity index (χ1v) is 5.01. The van der Waals surface area contributed by atoms with Gasteiger partial charge in [0, 0.05) is 25.3 Å². The largest absolute Gasteiger partial charge is 0.384 e. The van der Waals surface area contributed by atoms with E-state index in [9.17, 15) is 0 Å². The third kappa shape index (κ3) is 2.65. The SMILES string of the molecule is COCCc1noc(-c2ccnc(C#N)c2)n1. The van der Waals surface area contributed by atoms with Crippen LogP contribution >= 0.6 is 0 Å². The molecule has 0 saturated heterocycles. The second-order valence-corrected chi connectivity index (χ2v) is 3.30. The Balaban J connectivity index is 2.21. The maximum atomic E-state index is 8.73. The Hall–Kier alpha value is -2.26. The predicted molar refractivity (Wildman–Crippen MR) is 57.8 cm³/mol. The Labute approximate surface area is 97.9 Å². The number of rotatable bonds is 4. The molecule has 86 valence electrons. The van der Waals surface area contributed by atoms with Crippen molar-refractivity contribution < 1.29 is 9.26 Å². The molecule has 0 spiro atoms. The molecule has 6 heteroatoms. The molecule has 2 aromatic heterocycles. The van der Waals surface area contributed by atoms with Crippen molar-refractivity contribution >= 4 is 0 Å². The zero-order valence-electron chi connectivity index (χ0n) is 9.25. The van der Waals surface area contributed by atoms with Gasteiger partial charge in [-0.25, -0.2) is 4.98 Å². The number of ether oxygens (including phenoxy) is 1. The molecule has 17 heavy (non-hydrogen) atoms. The number of nitriles is 1. The van der Waals surface area contributed by atoms with Gasteiger partial charge in [0.15, 0.2) is 5.82 Å². The van der Waals surface area contributed by atoms with E-state index in [0.717, 1.165) is 0 Å². The lowest BCUT2D eigenvalue weighted by molar-refractivity contribution is 0.199. The number of aromatic nitrogens is 3. The van der Waals surface area contributed by atoms with Crippen LogP contribution in [0.3, 0.4) is 0 Å². The van der Waals surface area contributed by atoms with E-state index in [-0.39, 0.29) is 0 Å². The molecule has 0 atom stereocenters. The molecule has 0 N–H and O–H groups in total. The molecule has 0 amide bonds. The Morgan fingerprint density at radius 2 is 2.41 bits per heavy atom. The number of hydrogen-bond acceptors (Lipinski definition) is 6. The van der Waals surface area contributed by atoms with Crippen molar-refractivity contribution in [2.45, 2.75) is 6.42 Å². The highest BCUT2D eigenvalue weighted by atomic mass is 16.5. The van der Waals surface area contributed by atoms with Gasteiger partial charge in [0.25, 0.3) is 5.89 Å². The Morgan fingerprint density at radius 3 is 3.18 bits per heavy atom. The van der Waals surface area contributed by atoms with Crippen LogP contribution < -0.4 is 0 Å². The summed E-state index contributed by atoms with van der Waals surface area (Å²) in [5.41, 5.74) is 1.01. The quantitative estimate of drug-likeness (QED) is 0.784. The van der Waals surface area contributed by atoms with E-state index in [1.807, 2.05) is 6.07 Å². The van der Waals surface area contributed by atoms with Crippen LogP contribution in [-0.2, 0) is 11.2 Å². The smallest absolute Gasteiger partial charge is 0.258 e. The van der Waals surface area contributed by atoms with E-state index in [2.05, 4.69) is 15.1 Å². The highest BCUT2D eigenvalue weighted by molar-refractivity contribution is 5.53. The lowest BCUT2D eigenvalue weighted by Crippen LogP contribution is -1.96. The summed E-state index contributed by atoms with van der Waals surface area (Å²) in [6, 6.07) is 5.28. The van der Waals surface area contributed by atoms with E-state index in [0.29, 0.717) is 36.0 Å². The minimum atomic E-state index is 0.319. The molecule has 0 bridgehead atoms. The van der Waals surface area contributed by atoms with E-state index in [1.165, 1.54) is 6.20 Å². The molecular weight excluding hydrogens is 220 g/mol. The molecule has 2 aromatic rings. The standard InChI is InChI=1S/C11H10N4O2/c1-16-5-3-10-14-11(17-15-10)8-2-4-13-9(6-8)7-12/h2,4,6H,3,5H2,1H3. The van der Waals surface area contributed by atoms with Gasteiger partial charge in [-0.2, -0.15) is 10.2 Å². The van der Waals surface area contributed by atoms with E-state index < -0.39 is 0 Å². The lowest BCUT2D eigenvalue weighted by atomic mass is 10.2. The summed E-state index contributed by atoms with van der Waals surface area (Å²) < 4.78 is 10.0. The van der Waals surface area contributed by atoms with E-state index in [1.54, 1.807) is 19.2 Å². The average molecular weight is 230 g/mol. The Bertz CT molecular complexity index is 544. The highest BCUT2D eigenvalue weighted by Crippen LogP contribution is 2.17. The molecule has 6 nitrogen and oxygen atoms in total.